The maximum Gasteiger partial charge on any atom is 0.0135 e. The predicted octanol–water partition coefficient (Wildman–Crippen LogP) is 3.65. The number of rotatable bonds is 7. The van der Waals surface area contributed by atoms with E-state index < -0.39 is 0 Å². The average Bonchev–Trinajstić information content (AvgIpc) is 2.43. The van der Waals surface area contributed by atoms with E-state index in [-0.39, 0.29) is 0 Å². The molecule has 1 aliphatic carbocycles. The molecule has 0 spiro atoms. The molecule has 1 fully saturated rings. The molecule has 0 radical (unpaired) electrons. The first-order valence-corrected chi connectivity index (χ1v) is 8.05. The molecular formula is C16H34N2. The van der Waals surface area contributed by atoms with Crippen LogP contribution in [0.1, 0.15) is 65.7 Å². The Morgan fingerprint density at radius 1 is 1.17 bits per heavy atom. The fourth-order valence-corrected chi connectivity index (χ4v) is 3.52. The van der Waals surface area contributed by atoms with Gasteiger partial charge in [0, 0.05) is 12.1 Å². The minimum absolute atomic E-state index is 0.731. The minimum Gasteiger partial charge on any atom is -0.330 e. The molecule has 4 atom stereocenters. The molecule has 2 N–H and O–H groups in total. The second-order valence-corrected chi connectivity index (χ2v) is 6.32. The highest BCUT2D eigenvalue weighted by Gasteiger charge is 2.30. The molecule has 4 unspecified atom stereocenters. The topological polar surface area (TPSA) is 29.3 Å². The van der Waals surface area contributed by atoms with Gasteiger partial charge in [0.15, 0.2) is 0 Å². The van der Waals surface area contributed by atoms with Gasteiger partial charge in [-0.15, -0.1) is 0 Å². The van der Waals surface area contributed by atoms with Crippen LogP contribution in [0.15, 0.2) is 0 Å². The predicted molar refractivity (Wildman–Crippen MR) is 80.7 cm³/mol. The van der Waals surface area contributed by atoms with Crippen LogP contribution < -0.4 is 5.73 Å². The molecule has 2 nitrogen and oxygen atoms in total. The van der Waals surface area contributed by atoms with Gasteiger partial charge in [-0.3, -0.25) is 0 Å². The molecule has 0 amide bonds. The van der Waals surface area contributed by atoms with Gasteiger partial charge < -0.3 is 10.6 Å². The van der Waals surface area contributed by atoms with Crippen molar-refractivity contribution in [3.05, 3.63) is 0 Å². The van der Waals surface area contributed by atoms with Crippen LogP contribution in [-0.2, 0) is 0 Å². The molecular weight excluding hydrogens is 220 g/mol. The van der Waals surface area contributed by atoms with E-state index in [9.17, 15) is 0 Å². The molecule has 108 valence electrons. The van der Waals surface area contributed by atoms with E-state index in [4.69, 9.17) is 5.73 Å². The zero-order valence-electron chi connectivity index (χ0n) is 13.0. The van der Waals surface area contributed by atoms with Crippen LogP contribution in [-0.4, -0.2) is 30.6 Å². The Labute approximate surface area is 114 Å². The Bertz CT molecular complexity index is 217. The first kappa shape index (κ1) is 16.0. The van der Waals surface area contributed by atoms with Crippen LogP contribution in [0.4, 0.5) is 0 Å². The van der Waals surface area contributed by atoms with Crippen molar-refractivity contribution in [3.63, 3.8) is 0 Å². The molecule has 0 aromatic carbocycles. The maximum atomic E-state index is 5.97. The summed E-state index contributed by atoms with van der Waals surface area (Å²) in [6.07, 6.45) is 9.39. The Kier molecular flexibility index (Phi) is 7.25. The molecule has 1 saturated carbocycles. The highest BCUT2D eigenvalue weighted by atomic mass is 15.2. The number of hydrogen-bond acceptors (Lipinski definition) is 2. The fourth-order valence-electron chi connectivity index (χ4n) is 3.52. The zero-order chi connectivity index (χ0) is 13.5. The molecule has 18 heavy (non-hydrogen) atoms. The van der Waals surface area contributed by atoms with Crippen molar-refractivity contribution < 1.29 is 0 Å². The summed E-state index contributed by atoms with van der Waals surface area (Å²) in [5.74, 6) is 1.58. The van der Waals surface area contributed by atoms with Gasteiger partial charge in [0.2, 0.25) is 0 Å². The summed E-state index contributed by atoms with van der Waals surface area (Å²) < 4.78 is 0. The number of nitrogens with zero attached hydrogens (tertiary/aromatic N) is 1. The lowest BCUT2D eigenvalue weighted by Gasteiger charge is -2.42. The van der Waals surface area contributed by atoms with Gasteiger partial charge in [0.05, 0.1) is 0 Å². The van der Waals surface area contributed by atoms with Gasteiger partial charge in [0.1, 0.15) is 0 Å². The summed E-state index contributed by atoms with van der Waals surface area (Å²) in [4.78, 5) is 2.67. The average molecular weight is 254 g/mol. The molecule has 1 rings (SSSR count). The monoisotopic (exact) mass is 254 g/mol. The van der Waals surface area contributed by atoms with Crippen molar-refractivity contribution in [2.45, 2.75) is 77.8 Å². The van der Waals surface area contributed by atoms with E-state index >= 15 is 0 Å². The molecule has 0 saturated heterocycles. The van der Waals surface area contributed by atoms with E-state index in [1.165, 1.54) is 44.9 Å². The molecule has 1 aliphatic rings. The first-order chi connectivity index (χ1) is 8.63. The molecule has 2 heteroatoms. The van der Waals surface area contributed by atoms with E-state index in [1.54, 1.807) is 0 Å². The second-order valence-electron chi connectivity index (χ2n) is 6.32. The van der Waals surface area contributed by atoms with Crippen molar-refractivity contribution in [3.8, 4) is 0 Å². The van der Waals surface area contributed by atoms with E-state index in [0.717, 1.165) is 30.5 Å². The molecule has 0 aromatic rings. The summed E-state index contributed by atoms with van der Waals surface area (Å²) in [7, 11) is 2.34. The Hall–Kier alpha value is -0.0800. The Morgan fingerprint density at radius 3 is 2.39 bits per heavy atom. The SMILES string of the molecule is CCC(C)CC(CC)N(C)C1CCCCC1CN. The molecule has 0 bridgehead atoms. The summed E-state index contributed by atoms with van der Waals surface area (Å²) in [6, 6.07) is 1.48. The van der Waals surface area contributed by atoms with Crippen molar-refractivity contribution in [2.24, 2.45) is 17.6 Å². The van der Waals surface area contributed by atoms with Crippen molar-refractivity contribution in [1.82, 2.24) is 4.90 Å². The fraction of sp³-hybridized carbons (Fsp3) is 1.00. The third-order valence-electron chi connectivity index (χ3n) is 5.11. The standard InChI is InChI=1S/C16H34N2/c1-5-13(3)11-15(6-2)18(4)16-10-8-7-9-14(16)12-17/h13-16H,5-12,17H2,1-4H3. The van der Waals surface area contributed by atoms with Crippen LogP contribution in [0.5, 0.6) is 0 Å². The maximum absolute atomic E-state index is 5.97. The van der Waals surface area contributed by atoms with Crippen LogP contribution in [0.2, 0.25) is 0 Å². The highest BCUT2D eigenvalue weighted by Crippen LogP contribution is 2.30. The van der Waals surface area contributed by atoms with Crippen molar-refractivity contribution in [2.75, 3.05) is 13.6 Å². The normalized spacial score (nSPS) is 28.3. The van der Waals surface area contributed by atoms with E-state index in [0.29, 0.717) is 0 Å². The van der Waals surface area contributed by atoms with Gasteiger partial charge in [-0.25, -0.2) is 0 Å². The largest absolute Gasteiger partial charge is 0.330 e. The van der Waals surface area contributed by atoms with Gasteiger partial charge in [0.25, 0.3) is 0 Å². The lowest BCUT2D eigenvalue weighted by Crippen LogP contribution is -2.48. The molecule has 0 aliphatic heterocycles. The third kappa shape index (κ3) is 4.24. The van der Waals surface area contributed by atoms with Gasteiger partial charge >= 0.3 is 0 Å². The van der Waals surface area contributed by atoms with Gasteiger partial charge in [-0.05, 0) is 51.1 Å². The second kappa shape index (κ2) is 8.16. The van der Waals surface area contributed by atoms with Gasteiger partial charge in [-0.2, -0.15) is 0 Å². The zero-order valence-corrected chi connectivity index (χ0v) is 13.0. The highest BCUT2D eigenvalue weighted by molar-refractivity contribution is 4.86. The van der Waals surface area contributed by atoms with Crippen LogP contribution in [0, 0.1) is 11.8 Å². The molecule has 0 aromatic heterocycles. The lowest BCUT2D eigenvalue weighted by atomic mass is 9.82. The van der Waals surface area contributed by atoms with E-state index in [1.807, 2.05) is 0 Å². The summed E-state index contributed by atoms with van der Waals surface area (Å²) in [5, 5.41) is 0. The van der Waals surface area contributed by atoms with Crippen molar-refractivity contribution in [1.29, 1.82) is 0 Å². The lowest BCUT2D eigenvalue weighted by molar-refractivity contribution is 0.0783. The van der Waals surface area contributed by atoms with Gasteiger partial charge in [-0.1, -0.05) is 40.0 Å². The Morgan fingerprint density at radius 2 is 1.83 bits per heavy atom. The third-order valence-corrected chi connectivity index (χ3v) is 5.11. The minimum atomic E-state index is 0.731. The van der Waals surface area contributed by atoms with Crippen molar-refractivity contribution >= 4 is 0 Å². The quantitative estimate of drug-likeness (QED) is 0.751. The summed E-state index contributed by atoms with van der Waals surface area (Å²) >= 11 is 0. The first-order valence-electron chi connectivity index (χ1n) is 8.05. The summed E-state index contributed by atoms with van der Waals surface area (Å²) in [6.45, 7) is 7.90. The summed E-state index contributed by atoms with van der Waals surface area (Å²) in [5.41, 5.74) is 5.97. The number of hydrogen-bond donors (Lipinski definition) is 1. The van der Waals surface area contributed by atoms with Crippen LogP contribution in [0.3, 0.4) is 0 Å². The van der Waals surface area contributed by atoms with Crippen LogP contribution >= 0.6 is 0 Å². The smallest absolute Gasteiger partial charge is 0.0135 e. The molecule has 0 heterocycles. The number of nitrogens with two attached hydrogens (primary N) is 1. The van der Waals surface area contributed by atoms with E-state index in [2.05, 4.69) is 32.7 Å². The Balaban J connectivity index is 2.60. The van der Waals surface area contributed by atoms with Crippen LogP contribution in [0.25, 0.3) is 0 Å².